The Morgan fingerprint density at radius 3 is 2.71 bits per heavy atom. The predicted octanol–water partition coefficient (Wildman–Crippen LogP) is -0.104. The van der Waals surface area contributed by atoms with Crippen LogP contribution in [0.2, 0.25) is 0 Å². The van der Waals surface area contributed by atoms with Gasteiger partial charge in [0.2, 0.25) is 11.8 Å². The van der Waals surface area contributed by atoms with Crippen molar-refractivity contribution in [3.8, 4) is 0 Å². The Morgan fingerprint density at radius 1 is 1.47 bits per heavy atom. The number of carboxylic acids is 1. The fourth-order valence-electron chi connectivity index (χ4n) is 2.02. The summed E-state index contributed by atoms with van der Waals surface area (Å²) < 4.78 is 0. The van der Waals surface area contributed by atoms with E-state index in [0.717, 1.165) is 0 Å². The van der Waals surface area contributed by atoms with Crippen molar-refractivity contribution in [2.45, 2.75) is 25.3 Å². The molecule has 1 atom stereocenters. The number of hydrogen-bond acceptors (Lipinski definition) is 4. The lowest BCUT2D eigenvalue weighted by Gasteiger charge is -2.34. The summed E-state index contributed by atoms with van der Waals surface area (Å²) in [6, 6.07) is 0.00433. The van der Waals surface area contributed by atoms with E-state index in [1.54, 1.807) is 0 Å². The molecule has 1 unspecified atom stereocenters. The van der Waals surface area contributed by atoms with Crippen molar-refractivity contribution in [1.29, 1.82) is 0 Å². The number of nitrogens with two attached hydrogens (primary N) is 1. The standard InChI is InChI=1S/C10H12N2O4S/c11-7(13)1-2-17-6-3-5-4-8(14)12(5)9(6)10(15)16/h5H,1-4H2,(H2,11,13)(H,15,16). The highest BCUT2D eigenvalue weighted by atomic mass is 32.2. The SMILES string of the molecule is NC(=O)CCSC1=C(C(=O)O)N2C(=O)CC2C1. The Morgan fingerprint density at radius 2 is 2.18 bits per heavy atom. The largest absolute Gasteiger partial charge is 0.477 e. The number of primary amides is 1. The number of β-lactam (4-membered cyclic amide) rings is 1. The van der Waals surface area contributed by atoms with Gasteiger partial charge in [0.1, 0.15) is 5.70 Å². The fourth-order valence-corrected chi connectivity index (χ4v) is 3.20. The second-order valence-electron chi connectivity index (χ2n) is 3.97. The molecule has 7 heteroatoms. The van der Waals surface area contributed by atoms with E-state index in [9.17, 15) is 14.4 Å². The number of carbonyl (C=O) groups is 3. The molecule has 3 N–H and O–H groups in total. The number of amides is 2. The molecule has 0 spiro atoms. The molecule has 0 aliphatic carbocycles. The van der Waals surface area contributed by atoms with E-state index in [0.29, 0.717) is 23.5 Å². The van der Waals surface area contributed by atoms with E-state index in [2.05, 4.69) is 0 Å². The molecule has 2 heterocycles. The molecule has 1 saturated heterocycles. The average Bonchev–Trinajstić information content (AvgIpc) is 2.50. The van der Waals surface area contributed by atoms with E-state index in [1.165, 1.54) is 16.7 Å². The molecule has 0 aromatic carbocycles. The van der Waals surface area contributed by atoms with Gasteiger partial charge < -0.3 is 15.7 Å². The van der Waals surface area contributed by atoms with Crippen molar-refractivity contribution in [1.82, 2.24) is 4.90 Å². The van der Waals surface area contributed by atoms with Gasteiger partial charge in [-0.3, -0.25) is 9.59 Å². The second-order valence-corrected chi connectivity index (χ2v) is 5.16. The van der Waals surface area contributed by atoms with Crippen LogP contribution in [-0.4, -0.2) is 39.6 Å². The topological polar surface area (TPSA) is 101 Å². The first-order chi connectivity index (χ1) is 8.00. The van der Waals surface area contributed by atoms with Crippen molar-refractivity contribution in [2.24, 2.45) is 5.73 Å². The summed E-state index contributed by atoms with van der Waals surface area (Å²) in [4.78, 5) is 35.0. The zero-order valence-corrected chi connectivity index (χ0v) is 9.83. The fraction of sp³-hybridized carbons (Fsp3) is 0.500. The lowest BCUT2D eigenvalue weighted by atomic mass is 10.0. The maximum atomic E-state index is 11.3. The van der Waals surface area contributed by atoms with E-state index in [1.807, 2.05) is 0 Å². The van der Waals surface area contributed by atoms with Gasteiger partial charge in [-0.2, -0.15) is 0 Å². The van der Waals surface area contributed by atoms with Crippen LogP contribution >= 0.6 is 11.8 Å². The minimum Gasteiger partial charge on any atom is -0.477 e. The Kier molecular flexibility index (Phi) is 3.10. The van der Waals surface area contributed by atoms with Gasteiger partial charge in [-0.25, -0.2) is 4.79 Å². The van der Waals surface area contributed by atoms with Gasteiger partial charge in [0.15, 0.2) is 0 Å². The summed E-state index contributed by atoms with van der Waals surface area (Å²) in [6.07, 6.45) is 1.20. The van der Waals surface area contributed by atoms with Gasteiger partial charge in [0, 0.05) is 29.9 Å². The molecule has 6 nitrogen and oxygen atoms in total. The van der Waals surface area contributed by atoms with Crippen LogP contribution < -0.4 is 5.73 Å². The third kappa shape index (κ3) is 2.14. The van der Waals surface area contributed by atoms with Crippen LogP contribution in [0.5, 0.6) is 0 Å². The lowest BCUT2D eigenvalue weighted by molar-refractivity contribution is -0.147. The van der Waals surface area contributed by atoms with Gasteiger partial charge in [0.05, 0.1) is 6.04 Å². The normalized spacial score (nSPS) is 22.5. The highest BCUT2D eigenvalue weighted by molar-refractivity contribution is 8.03. The van der Waals surface area contributed by atoms with Gasteiger partial charge >= 0.3 is 5.97 Å². The quantitative estimate of drug-likeness (QED) is 0.669. The molecule has 0 saturated carbocycles. The maximum absolute atomic E-state index is 11.3. The number of carbonyl (C=O) groups excluding carboxylic acids is 2. The van der Waals surface area contributed by atoms with Crippen molar-refractivity contribution < 1.29 is 19.5 Å². The van der Waals surface area contributed by atoms with Crippen LogP contribution in [-0.2, 0) is 14.4 Å². The van der Waals surface area contributed by atoms with Crippen LogP contribution in [0.4, 0.5) is 0 Å². The molecule has 0 aromatic rings. The Bertz CT molecular complexity index is 432. The van der Waals surface area contributed by atoms with Crippen molar-refractivity contribution in [3.63, 3.8) is 0 Å². The second kappa shape index (κ2) is 4.40. The molecule has 0 aromatic heterocycles. The predicted molar refractivity (Wildman–Crippen MR) is 60.8 cm³/mol. The summed E-state index contributed by atoms with van der Waals surface area (Å²) >= 11 is 1.30. The monoisotopic (exact) mass is 256 g/mol. The third-order valence-corrected chi connectivity index (χ3v) is 3.91. The highest BCUT2D eigenvalue weighted by Crippen LogP contribution is 2.42. The maximum Gasteiger partial charge on any atom is 0.353 e. The first-order valence-corrected chi connectivity index (χ1v) is 6.19. The number of aliphatic carboxylic acids is 1. The zero-order chi connectivity index (χ0) is 12.6. The van der Waals surface area contributed by atoms with Crippen LogP contribution in [0.15, 0.2) is 10.6 Å². The summed E-state index contributed by atoms with van der Waals surface area (Å²) in [6.45, 7) is 0. The minimum absolute atomic E-state index is 0.00433. The molecule has 92 valence electrons. The number of hydrogen-bond donors (Lipinski definition) is 2. The van der Waals surface area contributed by atoms with E-state index in [-0.39, 0.29) is 24.1 Å². The number of fused-ring (bicyclic) bond motifs is 1. The van der Waals surface area contributed by atoms with E-state index in [4.69, 9.17) is 10.8 Å². The van der Waals surface area contributed by atoms with Crippen LogP contribution in [0.25, 0.3) is 0 Å². The van der Waals surface area contributed by atoms with Crippen molar-refractivity contribution in [3.05, 3.63) is 10.6 Å². The minimum atomic E-state index is -1.08. The molecule has 2 aliphatic rings. The van der Waals surface area contributed by atoms with Crippen molar-refractivity contribution in [2.75, 3.05) is 5.75 Å². The number of carboxylic acid groups (broad SMARTS) is 1. The van der Waals surface area contributed by atoms with E-state index < -0.39 is 11.9 Å². The first kappa shape index (κ1) is 12.0. The zero-order valence-electron chi connectivity index (χ0n) is 9.01. The van der Waals surface area contributed by atoms with Crippen LogP contribution in [0.3, 0.4) is 0 Å². The molecular weight excluding hydrogens is 244 g/mol. The Labute approximate surface area is 102 Å². The molecule has 17 heavy (non-hydrogen) atoms. The van der Waals surface area contributed by atoms with E-state index >= 15 is 0 Å². The van der Waals surface area contributed by atoms with Gasteiger partial charge in [0.25, 0.3) is 0 Å². The molecule has 1 fully saturated rings. The molecule has 2 aliphatic heterocycles. The molecule has 2 rings (SSSR count). The lowest BCUT2D eigenvalue weighted by Crippen LogP contribution is -2.49. The summed E-state index contributed by atoms with van der Waals surface area (Å²) in [5.41, 5.74) is 5.10. The number of rotatable bonds is 5. The number of thioether (sulfide) groups is 1. The van der Waals surface area contributed by atoms with Crippen LogP contribution in [0.1, 0.15) is 19.3 Å². The summed E-state index contributed by atoms with van der Waals surface area (Å²) in [7, 11) is 0. The molecule has 0 bridgehead atoms. The van der Waals surface area contributed by atoms with Gasteiger partial charge in [-0.15, -0.1) is 11.8 Å². The molecule has 0 radical (unpaired) electrons. The first-order valence-electron chi connectivity index (χ1n) is 5.20. The summed E-state index contributed by atoms with van der Waals surface area (Å²) in [5.74, 6) is -1.18. The van der Waals surface area contributed by atoms with Crippen LogP contribution in [0, 0.1) is 0 Å². The van der Waals surface area contributed by atoms with Gasteiger partial charge in [-0.05, 0) is 0 Å². The Balaban J connectivity index is 2.07. The third-order valence-electron chi connectivity index (χ3n) is 2.80. The summed E-state index contributed by atoms with van der Waals surface area (Å²) in [5, 5.41) is 9.08. The smallest absolute Gasteiger partial charge is 0.353 e. The highest BCUT2D eigenvalue weighted by Gasteiger charge is 2.47. The van der Waals surface area contributed by atoms with Gasteiger partial charge in [-0.1, -0.05) is 0 Å². The molecule has 2 amide bonds. The van der Waals surface area contributed by atoms with Crippen molar-refractivity contribution >= 4 is 29.5 Å². The average molecular weight is 256 g/mol. The molecular formula is C10H12N2O4S. The Hall–Kier alpha value is -1.50. The number of nitrogens with zero attached hydrogens (tertiary/aromatic N) is 1.